The van der Waals surface area contributed by atoms with Crippen LogP contribution in [0.15, 0.2) is 54.7 Å². The molecule has 1 aliphatic rings. The Kier molecular flexibility index (Phi) is 6.26. The molecular weight excluding hydrogens is 407 g/mol. The fourth-order valence-corrected chi connectivity index (χ4v) is 3.95. The third-order valence-corrected chi connectivity index (χ3v) is 5.54. The number of anilines is 3. The van der Waals surface area contributed by atoms with Crippen molar-refractivity contribution in [3.8, 4) is 17.3 Å². The average molecular weight is 430 g/mol. The van der Waals surface area contributed by atoms with E-state index < -0.39 is 11.8 Å². The largest absolute Gasteiger partial charge is 0.396 e. The number of nitrogens with zero attached hydrogens (tertiary/aromatic N) is 4. The first kappa shape index (κ1) is 21.2. The maximum absolute atomic E-state index is 13.3. The van der Waals surface area contributed by atoms with E-state index in [2.05, 4.69) is 16.4 Å². The van der Waals surface area contributed by atoms with Crippen molar-refractivity contribution in [3.05, 3.63) is 66.1 Å². The van der Waals surface area contributed by atoms with Crippen molar-refractivity contribution < 1.29 is 9.18 Å². The number of urea groups is 1. The van der Waals surface area contributed by atoms with E-state index in [4.69, 9.17) is 10.7 Å². The number of hydrogen-bond acceptors (Lipinski definition) is 5. The number of pyridine rings is 2. The van der Waals surface area contributed by atoms with Gasteiger partial charge in [0.05, 0.1) is 29.2 Å². The molecule has 3 aromatic rings. The van der Waals surface area contributed by atoms with E-state index in [1.807, 2.05) is 6.07 Å². The third-order valence-electron chi connectivity index (χ3n) is 5.54. The molecule has 8 heteroatoms. The predicted molar refractivity (Wildman–Crippen MR) is 121 cm³/mol. The topological polar surface area (TPSA) is 108 Å². The SMILES string of the molecule is N#Cc1cccc(-c2ccc(N)c(N(C(=O)Nc3ccc(F)cn3)C3CCCCC3)n2)c1. The Balaban J connectivity index is 1.72. The maximum atomic E-state index is 13.3. The highest BCUT2D eigenvalue weighted by molar-refractivity contribution is 6.03. The van der Waals surface area contributed by atoms with Gasteiger partial charge in [-0.05, 0) is 49.2 Å². The van der Waals surface area contributed by atoms with E-state index in [0.717, 1.165) is 43.9 Å². The maximum Gasteiger partial charge on any atom is 0.328 e. The first-order valence-electron chi connectivity index (χ1n) is 10.5. The summed E-state index contributed by atoms with van der Waals surface area (Å²) in [5, 5.41) is 12.0. The number of nitrogens with one attached hydrogen (secondary N) is 1. The van der Waals surface area contributed by atoms with Gasteiger partial charge in [-0.15, -0.1) is 0 Å². The molecular formula is C24H23FN6O. The van der Waals surface area contributed by atoms with E-state index in [0.29, 0.717) is 22.8 Å². The predicted octanol–water partition coefficient (Wildman–Crippen LogP) is 5.11. The summed E-state index contributed by atoms with van der Waals surface area (Å²) < 4.78 is 13.2. The highest BCUT2D eigenvalue weighted by Crippen LogP contribution is 2.32. The fourth-order valence-electron chi connectivity index (χ4n) is 3.95. The number of halogens is 1. The lowest BCUT2D eigenvalue weighted by atomic mass is 9.94. The Morgan fingerprint density at radius 3 is 2.69 bits per heavy atom. The number of nitriles is 1. The molecule has 0 spiro atoms. The minimum Gasteiger partial charge on any atom is -0.396 e. The molecule has 2 heterocycles. The van der Waals surface area contributed by atoms with Crippen LogP contribution in [-0.2, 0) is 0 Å². The van der Waals surface area contributed by atoms with Crippen molar-refractivity contribution in [1.29, 1.82) is 5.26 Å². The molecule has 1 saturated carbocycles. The van der Waals surface area contributed by atoms with Crippen molar-refractivity contribution >= 4 is 23.4 Å². The lowest BCUT2D eigenvalue weighted by Crippen LogP contribution is -2.45. The van der Waals surface area contributed by atoms with E-state index >= 15 is 0 Å². The van der Waals surface area contributed by atoms with Gasteiger partial charge in [0.25, 0.3) is 0 Å². The van der Waals surface area contributed by atoms with Crippen molar-refractivity contribution in [2.45, 2.75) is 38.1 Å². The van der Waals surface area contributed by atoms with Gasteiger partial charge in [0.15, 0.2) is 5.82 Å². The van der Waals surface area contributed by atoms with Gasteiger partial charge in [-0.2, -0.15) is 5.26 Å². The number of nitrogens with two attached hydrogens (primary N) is 1. The molecule has 0 bridgehead atoms. The van der Waals surface area contributed by atoms with Crippen LogP contribution in [-0.4, -0.2) is 22.0 Å². The van der Waals surface area contributed by atoms with Crippen molar-refractivity contribution in [3.63, 3.8) is 0 Å². The number of nitrogen functional groups attached to an aromatic ring is 1. The summed E-state index contributed by atoms with van der Waals surface area (Å²) in [6.07, 6.45) is 5.85. The van der Waals surface area contributed by atoms with Gasteiger partial charge in [0, 0.05) is 11.6 Å². The van der Waals surface area contributed by atoms with Crippen molar-refractivity contribution in [2.75, 3.05) is 16.0 Å². The van der Waals surface area contributed by atoms with Crippen molar-refractivity contribution in [2.24, 2.45) is 0 Å². The van der Waals surface area contributed by atoms with Gasteiger partial charge >= 0.3 is 6.03 Å². The van der Waals surface area contributed by atoms with Crippen LogP contribution < -0.4 is 16.0 Å². The van der Waals surface area contributed by atoms with Crippen LogP contribution in [0.2, 0.25) is 0 Å². The summed E-state index contributed by atoms with van der Waals surface area (Å²) in [5.41, 5.74) is 8.54. The second-order valence-electron chi connectivity index (χ2n) is 7.76. The van der Waals surface area contributed by atoms with Crippen LogP contribution in [0.3, 0.4) is 0 Å². The van der Waals surface area contributed by atoms with Crippen LogP contribution in [0, 0.1) is 17.1 Å². The lowest BCUT2D eigenvalue weighted by molar-refractivity contribution is 0.252. The highest BCUT2D eigenvalue weighted by Gasteiger charge is 2.30. The zero-order valence-electron chi connectivity index (χ0n) is 17.5. The van der Waals surface area contributed by atoms with Crippen LogP contribution in [0.25, 0.3) is 11.3 Å². The second kappa shape index (κ2) is 9.43. The molecule has 3 N–H and O–H groups in total. The summed E-state index contributed by atoms with van der Waals surface area (Å²) in [4.78, 5) is 23.6. The number of aromatic nitrogens is 2. The second-order valence-corrected chi connectivity index (χ2v) is 7.76. The number of carbonyl (C=O) groups is 1. The Labute approximate surface area is 185 Å². The lowest BCUT2D eigenvalue weighted by Gasteiger charge is -2.34. The molecule has 2 amide bonds. The molecule has 4 rings (SSSR count). The molecule has 7 nitrogen and oxygen atoms in total. The standard InChI is InChI=1S/C24H23FN6O/c25-18-9-12-22(28-15-18)30-24(32)31(19-7-2-1-3-8-19)23-20(27)10-11-21(29-23)17-6-4-5-16(13-17)14-26/h4-6,9-13,15,19H,1-3,7-8,27H2,(H,28,30,32). The summed E-state index contributed by atoms with van der Waals surface area (Å²) in [7, 11) is 0. The number of amides is 2. The number of rotatable bonds is 4. The molecule has 32 heavy (non-hydrogen) atoms. The normalized spacial score (nSPS) is 13.9. The summed E-state index contributed by atoms with van der Waals surface area (Å²) in [6.45, 7) is 0. The molecule has 0 radical (unpaired) electrons. The molecule has 0 aliphatic heterocycles. The minimum absolute atomic E-state index is 0.0697. The van der Waals surface area contributed by atoms with Crippen molar-refractivity contribution in [1.82, 2.24) is 9.97 Å². The van der Waals surface area contributed by atoms with Gasteiger partial charge in [-0.25, -0.2) is 19.2 Å². The quantitative estimate of drug-likeness (QED) is 0.598. The molecule has 1 fully saturated rings. The monoisotopic (exact) mass is 430 g/mol. The molecule has 0 saturated heterocycles. The Bertz CT molecular complexity index is 1150. The zero-order chi connectivity index (χ0) is 22.5. The van der Waals surface area contributed by atoms with Crippen LogP contribution in [0.5, 0.6) is 0 Å². The van der Waals surface area contributed by atoms with Gasteiger partial charge in [-0.1, -0.05) is 31.4 Å². The summed E-state index contributed by atoms with van der Waals surface area (Å²) in [6, 6.07) is 14.9. The average Bonchev–Trinajstić information content (AvgIpc) is 2.82. The molecule has 1 aliphatic carbocycles. The third kappa shape index (κ3) is 4.67. The van der Waals surface area contributed by atoms with Crippen LogP contribution in [0.4, 0.5) is 26.5 Å². The Morgan fingerprint density at radius 2 is 1.97 bits per heavy atom. The minimum atomic E-state index is -0.481. The molecule has 0 atom stereocenters. The van der Waals surface area contributed by atoms with E-state index in [1.54, 1.807) is 35.2 Å². The van der Waals surface area contributed by atoms with E-state index in [1.165, 1.54) is 12.1 Å². The molecule has 2 aromatic heterocycles. The Hall–Kier alpha value is -3.99. The first-order chi connectivity index (χ1) is 15.5. The van der Waals surface area contributed by atoms with E-state index in [-0.39, 0.29) is 11.9 Å². The first-order valence-corrected chi connectivity index (χ1v) is 10.5. The smallest absolute Gasteiger partial charge is 0.328 e. The van der Waals surface area contributed by atoms with Gasteiger partial charge in [-0.3, -0.25) is 10.2 Å². The molecule has 0 unspecified atom stereocenters. The van der Waals surface area contributed by atoms with Gasteiger partial charge in [0.2, 0.25) is 0 Å². The number of carbonyl (C=O) groups excluding carboxylic acids is 1. The van der Waals surface area contributed by atoms with E-state index in [9.17, 15) is 14.4 Å². The molecule has 162 valence electrons. The number of hydrogen-bond donors (Lipinski definition) is 2. The zero-order valence-corrected chi connectivity index (χ0v) is 17.5. The van der Waals surface area contributed by atoms with Crippen LogP contribution >= 0.6 is 0 Å². The highest BCUT2D eigenvalue weighted by atomic mass is 19.1. The number of benzene rings is 1. The van der Waals surface area contributed by atoms with Gasteiger partial charge < -0.3 is 5.73 Å². The Morgan fingerprint density at radius 1 is 1.16 bits per heavy atom. The fraction of sp³-hybridized carbons (Fsp3) is 0.250. The molecule has 1 aromatic carbocycles. The van der Waals surface area contributed by atoms with Crippen LogP contribution in [0.1, 0.15) is 37.7 Å². The summed E-state index contributed by atoms with van der Waals surface area (Å²) >= 11 is 0. The van der Waals surface area contributed by atoms with Gasteiger partial charge in [0.1, 0.15) is 11.6 Å². The summed E-state index contributed by atoms with van der Waals surface area (Å²) in [5.74, 6) is 0.121.